The first-order valence-corrected chi connectivity index (χ1v) is 10.6. The van der Waals surface area contributed by atoms with E-state index >= 15 is 0 Å². The van der Waals surface area contributed by atoms with Gasteiger partial charge in [-0.2, -0.15) is 0 Å². The minimum absolute atomic E-state index is 0.00135. The Morgan fingerprint density at radius 3 is 2.43 bits per heavy atom. The quantitative estimate of drug-likeness (QED) is 0.617. The third-order valence-corrected chi connectivity index (χ3v) is 6.01. The predicted molar refractivity (Wildman–Crippen MR) is 124 cm³/mol. The van der Waals surface area contributed by atoms with Crippen molar-refractivity contribution in [3.05, 3.63) is 77.5 Å². The van der Waals surface area contributed by atoms with Crippen molar-refractivity contribution in [1.29, 1.82) is 0 Å². The fraction of sp³-hybridized carbons (Fsp3) is 0.348. The highest BCUT2D eigenvalue weighted by Gasteiger charge is 2.41. The van der Waals surface area contributed by atoms with Crippen molar-refractivity contribution in [2.24, 2.45) is 0 Å². The van der Waals surface area contributed by atoms with Gasteiger partial charge < -0.3 is 19.7 Å². The zero-order valence-electron chi connectivity index (χ0n) is 17.9. The molecule has 6 nitrogen and oxygen atoms in total. The highest BCUT2D eigenvalue weighted by Crippen LogP contribution is 2.41. The van der Waals surface area contributed by atoms with Crippen LogP contribution >= 0.6 is 12.2 Å². The lowest BCUT2D eigenvalue weighted by molar-refractivity contribution is 0.277. The molecule has 7 heteroatoms. The second kappa shape index (κ2) is 8.53. The van der Waals surface area contributed by atoms with Crippen molar-refractivity contribution in [2.45, 2.75) is 25.9 Å². The maximum Gasteiger partial charge on any atom is 0.170 e. The normalized spacial score (nSPS) is 18.8. The Balaban J connectivity index is 1.80. The lowest BCUT2D eigenvalue weighted by Gasteiger charge is -2.29. The SMILES string of the molecule is Cc1cc([C@@H]2[C@H](c3ccccn3)NC(=S)N2CCN(C)C)c(C)n1-c1ccccn1. The van der Waals surface area contributed by atoms with Gasteiger partial charge in [0.2, 0.25) is 0 Å². The molecule has 0 bridgehead atoms. The van der Waals surface area contributed by atoms with Gasteiger partial charge in [0.05, 0.1) is 17.8 Å². The fourth-order valence-electron chi connectivity index (χ4n) is 4.22. The lowest BCUT2D eigenvalue weighted by Crippen LogP contribution is -2.35. The molecule has 3 aromatic heterocycles. The molecule has 1 aliphatic heterocycles. The molecule has 4 heterocycles. The number of likely N-dealkylation sites (N-methyl/N-ethyl adjacent to an activating group) is 1. The van der Waals surface area contributed by atoms with E-state index in [0.717, 1.165) is 35.4 Å². The fourth-order valence-corrected chi connectivity index (χ4v) is 4.55. The predicted octanol–water partition coefficient (Wildman–Crippen LogP) is 3.42. The maximum absolute atomic E-state index is 5.77. The van der Waals surface area contributed by atoms with E-state index in [1.165, 1.54) is 11.3 Å². The van der Waals surface area contributed by atoms with Crippen molar-refractivity contribution >= 4 is 17.3 Å². The van der Waals surface area contributed by atoms with Crippen LogP contribution in [0.4, 0.5) is 0 Å². The highest BCUT2D eigenvalue weighted by molar-refractivity contribution is 7.80. The summed E-state index contributed by atoms with van der Waals surface area (Å²) in [6, 6.07) is 14.4. The standard InChI is InChI=1S/C23H28N6S/c1-16-15-18(17(2)29(16)20-10-6-8-12-25-20)22-21(19-9-5-7-11-24-19)26-23(30)28(22)14-13-27(3)4/h5-12,15,21-22H,13-14H2,1-4H3,(H,26,30)/t21-,22+/m0/s1. The number of hydrogen-bond donors (Lipinski definition) is 1. The molecule has 156 valence electrons. The number of rotatable bonds is 6. The number of pyridine rings is 2. The summed E-state index contributed by atoms with van der Waals surface area (Å²) in [5, 5.41) is 4.32. The number of hydrogen-bond acceptors (Lipinski definition) is 4. The zero-order chi connectivity index (χ0) is 21.3. The van der Waals surface area contributed by atoms with Gasteiger partial charge in [0, 0.05) is 36.9 Å². The van der Waals surface area contributed by atoms with Crippen molar-refractivity contribution in [2.75, 3.05) is 27.2 Å². The number of aryl methyl sites for hydroxylation is 1. The molecule has 0 radical (unpaired) electrons. The number of aromatic nitrogens is 3. The van der Waals surface area contributed by atoms with Crippen molar-refractivity contribution in [3.63, 3.8) is 0 Å². The van der Waals surface area contributed by atoms with Crippen LogP contribution in [-0.4, -0.2) is 56.6 Å². The highest BCUT2D eigenvalue weighted by atomic mass is 32.1. The van der Waals surface area contributed by atoms with E-state index in [4.69, 9.17) is 12.2 Å². The molecule has 0 aromatic carbocycles. The number of thiocarbonyl (C=S) groups is 1. The molecular weight excluding hydrogens is 392 g/mol. The number of nitrogens with zero attached hydrogens (tertiary/aromatic N) is 5. The Labute approximate surface area is 183 Å². The summed E-state index contributed by atoms with van der Waals surface area (Å²) in [6.45, 7) is 6.07. The number of nitrogens with one attached hydrogen (secondary N) is 1. The van der Waals surface area contributed by atoms with Crippen molar-refractivity contribution in [3.8, 4) is 5.82 Å². The van der Waals surface area contributed by atoms with E-state index in [9.17, 15) is 0 Å². The largest absolute Gasteiger partial charge is 0.352 e. The van der Waals surface area contributed by atoms with E-state index in [-0.39, 0.29) is 12.1 Å². The summed E-state index contributed by atoms with van der Waals surface area (Å²) in [6.07, 6.45) is 3.68. The Morgan fingerprint density at radius 2 is 1.80 bits per heavy atom. The molecule has 0 aliphatic carbocycles. The second-order valence-electron chi connectivity index (χ2n) is 7.97. The Morgan fingerprint density at radius 1 is 1.07 bits per heavy atom. The Hall–Kier alpha value is -2.77. The maximum atomic E-state index is 5.77. The Bertz CT molecular complexity index is 1010. The summed E-state index contributed by atoms with van der Waals surface area (Å²) in [4.78, 5) is 13.7. The van der Waals surface area contributed by atoms with Crippen LogP contribution in [-0.2, 0) is 0 Å². The van der Waals surface area contributed by atoms with Gasteiger partial charge in [-0.1, -0.05) is 12.1 Å². The lowest BCUT2D eigenvalue weighted by atomic mass is 9.97. The van der Waals surface area contributed by atoms with Gasteiger partial charge in [-0.25, -0.2) is 4.98 Å². The van der Waals surface area contributed by atoms with Gasteiger partial charge in [0.1, 0.15) is 5.82 Å². The van der Waals surface area contributed by atoms with E-state index in [1.807, 2.05) is 42.7 Å². The van der Waals surface area contributed by atoms with Crippen LogP contribution < -0.4 is 5.32 Å². The van der Waals surface area contributed by atoms with Gasteiger partial charge >= 0.3 is 0 Å². The topological polar surface area (TPSA) is 49.2 Å². The molecule has 1 fully saturated rings. The molecule has 1 N–H and O–H groups in total. The Kier molecular flexibility index (Phi) is 5.83. The molecule has 0 spiro atoms. The molecule has 3 aromatic rings. The molecule has 0 unspecified atom stereocenters. The summed E-state index contributed by atoms with van der Waals surface area (Å²) < 4.78 is 2.22. The van der Waals surface area contributed by atoms with Gasteiger partial charge in [-0.05, 0) is 76.1 Å². The molecule has 0 saturated carbocycles. The summed E-state index contributed by atoms with van der Waals surface area (Å²) in [7, 11) is 4.18. The molecule has 4 rings (SSSR count). The summed E-state index contributed by atoms with van der Waals surface area (Å²) >= 11 is 5.77. The van der Waals surface area contributed by atoms with Gasteiger partial charge in [-0.15, -0.1) is 0 Å². The summed E-state index contributed by atoms with van der Waals surface area (Å²) in [5.41, 5.74) is 4.59. The molecule has 2 atom stereocenters. The van der Waals surface area contributed by atoms with E-state index in [2.05, 4.69) is 69.7 Å². The first-order valence-electron chi connectivity index (χ1n) is 10.2. The van der Waals surface area contributed by atoms with Gasteiger partial charge in [0.25, 0.3) is 0 Å². The van der Waals surface area contributed by atoms with Crippen LogP contribution in [0, 0.1) is 13.8 Å². The van der Waals surface area contributed by atoms with Crippen LogP contribution in [0.15, 0.2) is 54.9 Å². The van der Waals surface area contributed by atoms with E-state index in [1.54, 1.807) is 0 Å². The molecule has 1 aliphatic rings. The second-order valence-corrected chi connectivity index (χ2v) is 8.36. The molecule has 30 heavy (non-hydrogen) atoms. The minimum Gasteiger partial charge on any atom is -0.352 e. The van der Waals surface area contributed by atoms with Crippen LogP contribution in [0.1, 0.15) is 34.7 Å². The average molecular weight is 421 g/mol. The molecule has 1 saturated heterocycles. The van der Waals surface area contributed by atoms with Crippen molar-refractivity contribution in [1.82, 2.24) is 29.7 Å². The monoisotopic (exact) mass is 420 g/mol. The zero-order valence-corrected chi connectivity index (χ0v) is 18.7. The van der Waals surface area contributed by atoms with E-state index < -0.39 is 0 Å². The van der Waals surface area contributed by atoms with Crippen LogP contribution in [0.25, 0.3) is 5.82 Å². The van der Waals surface area contributed by atoms with Crippen LogP contribution in [0.5, 0.6) is 0 Å². The molecular formula is C23H28N6S. The average Bonchev–Trinajstić information content (AvgIpc) is 3.22. The van der Waals surface area contributed by atoms with Crippen LogP contribution in [0.2, 0.25) is 0 Å². The smallest absolute Gasteiger partial charge is 0.170 e. The summed E-state index contributed by atoms with van der Waals surface area (Å²) in [5.74, 6) is 0.932. The van der Waals surface area contributed by atoms with Gasteiger partial charge in [-0.3, -0.25) is 4.98 Å². The molecule has 0 amide bonds. The third-order valence-electron chi connectivity index (χ3n) is 5.65. The minimum atomic E-state index is -0.00135. The van der Waals surface area contributed by atoms with Crippen LogP contribution in [0.3, 0.4) is 0 Å². The van der Waals surface area contributed by atoms with Gasteiger partial charge in [0.15, 0.2) is 5.11 Å². The first kappa shape index (κ1) is 20.5. The first-order chi connectivity index (χ1) is 14.5. The van der Waals surface area contributed by atoms with Crippen molar-refractivity contribution < 1.29 is 0 Å². The third kappa shape index (κ3) is 3.82. The van der Waals surface area contributed by atoms with E-state index in [0.29, 0.717) is 0 Å².